The normalized spacial score (nSPS) is 26.7. The minimum absolute atomic E-state index is 0.109. The Morgan fingerprint density at radius 1 is 0.788 bits per heavy atom. The summed E-state index contributed by atoms with van der Waals surface area (Å²) in [5, 5.41) is 12.2. The van der Waals surface area contributed by atoms with Crippen LogP contribution in [0.2, 0.25) is 0 Å². The predicted molar refractivity (Wildman–Crippen MR) is 256 cm³/mol. The maximum Gasteiger partial charge on any atom is 0.407 e. The van der Waals surface area contributed by atoms with Gasteiger partial charge >= 0.3 is 18.0 Å². The first-order chi connectivity index (χ1) is 31.7. The Kier molecular flexibility index (Phi) is 15.9. The van der Waals surface area contributed by atoms with Crippen LogP contribution in [-0.2, 0) is 29.4 Å². The third kappa shape index (κ3) is 10.6. The molecule has 2 N–H and O–H groups in total. The zero-order valence-corrected chi connectivity index (χ0v) is 40.5. The molecule has 3 saturated carbocycles. The van der Waals surface area contributed by atoms with Crippen LogP contribution in [0.25, 0.3) is 0 Å². The fraction of sp³-hybridized carbons (Fsp3) is 0.589. The number of carboxylic acid groups (broad SMARTS) is 1. The molecule has 0 radical (unpaired) electrons. The van der Waals surface area contributed by atoms with E-state index in [0.717, 1.165) is 72.0 Å². The maximum absolute atomic E-state index is 13.7. The molecule has 4 aliphatic rings. The lowest BCUT2D eigenvalue weighted by Gasteiger charge is -2.58. The minimum Gasteiger partial charge on any atom is -0.497 e. The van der Waals surface area contributed by atoms with Crippen LogP contribution in [0.3, 0.4) is 0 Å². The van der Waals surface area contributed by atoms with Gasteiger partial charge in [-0.1, -0.05) is 120 Å². The number of carboxylic acids is 1. The van der Waals surface area contributed by atoms with Gasteiger partial charge in [-0.3, -0.25) is 9.59 Å². The van der Waals surface area contributed by atoms with Crippen LogP contribution < -0.4 is 14.8 Å². The summed E-state index contributed by atoms with van der Waals surface area (Å²) in [6, 6.07) is 24.9. The van der Waals surface area contributed by atoms with Crippen LogP contribution in [0.1, 0.15) is 135 Å². The molecule has 0 heterocycles. The van der Waals surface area contributed by atoms with Crippen LogP contribution in [0.5, 0.6) is 11.5 Å². The second-order valence-corrected chi connectivity index (χ2v) is 20.8. The molecular formula is C56H75NO9. The first-order valence-electron chi connectivity index (χ1n) is 24.7. The summed E-state index contributed by atoms with van der Waals surface area (Å²) in [6.07, 6.45) is 13.0. The number of amides is 1. The first-order valence-corrected chi connectivity index (χ1v) is 24.7. The number of allylic oxidation sites excluding steroid dienone is 1. The number of fused-ring (bicyclic) bond motifs is 5. The third-order valence-corrected chi connectivity index (χ3v) is 16.5. The molecule has 3 fully saturated rings. The number of nitrogens with one attached hydrogen (secondary N) is 1. The fourth-order valence-electron chi connectivity index (χ4n) is 13.0. The highest BCUT2D eigenvalue weighted by atomic mass is 16.6. The molecule has 10 nitrogen and oxygen atoms in total. The Hall–Kier alpha value is -4.83. The number of hydrogen-bond donors (Lipinski definition) is 2. The Labute approximate surface area is 393 Å². The van der Waals surface area contributed by atoms with Crippen molar-refractivity contribution in [3.63, 3.8) is 0 Å². The highest BCUT2D eigenvalue weighted by Gasteiger charge is 2.59. The van der Waals surface area contributed by atoms with E-state index in [1.54, 1.807) is 14.2 Å². The summed E-state index contributed by atoms with van der Waals surface area (Å²) >= 11 is 0. The predicted octanol–water partition coefficient (Wildman–Crippen LogP) is 11.9. The van der Waals surface area contributed by atoms with Crippen molar-refractivity contribution in [2.24, 2.45) is 46.3 Å². The van der Waals surface area contributed by atoms with Gasteiger partial charge in [0.25, 0.3) is 0 Å². The molecule has 66 heavy (non-hydrogen) atoms. The number of carbonyl (C=O) groups excluding carboxylic acids is 2. The van der Waals surface area contributed by atoms with Crippen molar-refractivity contribution < 1.29 is 43.2 Å². The van der Waals surface area contributed by atoms with E-state index in [-0.39, 0.29) is 37.5 Å². The Morgan fingerprint density at radius 3 is 2.06 bits per heavy atom. The van der Waals surface area contributed by atoms with Crippen molar-refractivity contribution >= 4 is 18.0 Å². The summed E-state index contributed by atoms with van der Waals surface area (Å²) in [4.78, 5) is 38.2. The zero-order chi connectivity index (χ0) is 47.1. The Morgan fingerprint density at radius 2 is 1.44 bits per heavy atom. The molecule has 9 atom stereocenters. The quantitative estimate of drug-likeness (QED) is 0.0646. The number of alkyl carbamates (subject to hydrolysis) is 1. The van der Waals surface area contributed by atoms with E-state index < -0.39 is 29.7 Å². The molecule has 0 spiro atoms. The SMILES string of the molecule is COc1ccc(C(OCC(CNC(=O)O[C@H]2CC[C@@]3(C)C(=CC[C@H]4[C@@H]5CC[C@H]([C@H](C)CCCC(C)C)[C@@]5(C)CC[C@@H]43)C2)OC(=O)CCC(=O)O)(c2ccccc2)c2ccc(OC)cc2)cc1. The highest BCUT2D eigenvalue weighted by Crippen LogP contribution is 2.67. The van der Waals surface area contributed by atoms with Gasteiger partial charge in [0.05, 0.1) is 40.2 Å². The molecule has 1 unspecified atom stereocenters. The number of methoxy groups -OCH3 is 2. The van der Waals surface area contributed by atoms with Gasteiger partial charge in [0.2, 0.25) is 0 Å². The number of esters is 1. The summed E-state index contributed by atoms with van der Waals surface area (Å²) in [6.45, 7) is 12.1. The van der Waals surface area contributed by atoms with Gasteiger partial charge in [-0.15, -0.1) is 0 Å². The van der Waals surface area contributed by atoms with Crippen molar-refractivity contribution in [2.75, 3.05) is 27.4 Å². The van der Waals surface area contributed by atoms with Gasteiger partial charge in [-0.25, -0.2) is 4.79 Å². The second-order valence-electron chi connectivity index (χ2n) is 20.8. The smallest absolute Gasteiger partial charge is 0.407 e. The Balaban J connectivity index is 1.04. The van der Waals surface area contributed by atoms with Gasteiger partial charge in [0.15, 0.2) is 0 Å². The molecule has 10 heteroatoms. The summed E-state index contributed by atoms with van der Waals surface area (Å²) < 4.78 is 30.0. The van der Waals surface area contributed by atoms with Crippen molar-refractivity contribution in [1.29, 1.82) is 0 Å². The first kappa shape index (κ1) is 49.1. The van der Waals surface area contributed by atoms with Crippen molar-refractivity contribution in [3.8, 4) is 11.5 Å². The van der Waals surface area contributed by atoms with Gasteiger partial charge in [-0.05, 0) is 132 Å². The molecule has 0 aliphatic heterocycles. The fourth-order valence-corrected chi connectivity index (χ4v) is 13.0. The molecule has 0 saturated heterocycles. The lowest BCUT2D eigenvalue weighted by molar-refractivity contribution is -0.156. The van der Waals surface area contributed by atoms with Gasteiger partial charge < -0.3 is 34.1 Å². The number of carbonyl (C=O) groups is 3. The van der Waals surface area contributed by atoms with Crippen LogP contribution in [0, 0.1) is 46.3 Å². The summed E-state index contributed by atoms with van der Waals surface area (Å²) in [5.41, 5.74) is 3.16. The maximum atomic E-state index is 13.7. The lowest BCUT2D eigenvalue weighted by Crippen LogP contribution is -2.51. The van der Waals surface area contributed by atoms with Crippen LogP contribution in [0.4, 0.5) is 4.79 Å². The van der Waals surface area contributed by atoms with Crippen molar-refractivity contribution in [1.82, 2.24) is 5.32 Å². The lowest BCUT2D eigenvalue weighted by atomic mass is 9.47. The average Bonchev–Trinajstić information content (AvgIpc) is 3.68. The van der Waals surface area contributed by atoms with Gasteiger partial charge in [0, 0.05) is 6.42 Å². The van der Waals surface area contributed by atoms with Crippen molar-refractivity contribution in [2.45, 2.75) is 136 Å². The van der Waals surface area contributed by atoms with Crippen LogP contribution in [0.15, 0.2) is 90.5 Å². The molecule has 3 aromatic carbocycles. The number of ether oxygens (including phenoxy) is 5. The Bertz CT molecular complexity index is 2070. The van der Waals surface area contributed by atoms with E-state index in [1.165, 1.54) is 50.5 Å². The molecule has 4 aliphatic carbocycles. The highest BCUT2D eigenvalue weighted by molar-refractivity contribution is 5.76. The molecule has 358 valence electrons. The van der Waals surface area contributed by atoms with E-state index in [2.05, 4.69) is 46.0 Å². The van der Waals surface area contributed by atoms with Crippen LogP contribution in [-0.4, -0.2) is 62.7 Å². The van der Waals surface area contributed by atoms with E-state index in [0.29, 0.717) is 22.8 Å². The second kappa shape index (κ2) is 21.4. The number of aliphatic carboxylic acids is 1. The third-order valence-electron chi connectivity index (χ3n) is 16.5. The van der Waals surface area contributed by atoms with Crippen LogP contribution >= 0.6 is 0 Å². The summed E-state index contributed by atoms with van der Waals surface area (Å²) in [5.74, 6) is 4.08. The number of hydrogen-bond acceptors (Lipinski definition) is 8. The van der Waals surface area contributed by atoms with E-state index in [1.807, 2.05) is 78.9 Å². The van der Waals surface area contributed by atoms with E-state index in [9.17, 15) is 19.5 Å². The molecule has 7 rings (SSSR count). The molecule has 0 aromatic heterocycles. The standard InChI is InChI=1S/C56H75NO9/c1-37(2)12-11-13-38(3)48-26-27-49-47-25-20-42-34-45(30-32-54(42,4)50(47)31-33-55(48,49)5)66-53(61)57-35-46(65-52(60)29-28-51(58)59)36-64-56(39-14-9-8-10-15-39,40-16-21-43(62-6)22-17-40)41-18-23-44(63-7)24-19-41/h8-10,14-24,37-38,45-50H,11-13,25-36H2,1-7H3,(H,57,61)(H,58,59)/t38-,45+,46?,47+,48-,49+,50+,54+,55-/m1/s1. The largest absolute Gasteiger partial charge is 0.497 e. The molecule has 1 amide bonds. The van der Waals surface area contributed by atoms with Gasteiger partial charge in [-0.2, -0.15) is 0 Å². The van der Waals surface area contributed by atoms with Crippen molar-refractivity contribution in [3.05, 3.63) is 107 Å². The molecule has 3 aromatic rings. The number of rotatable bonds is 20. The topological polar surface area (TPSA) is 130 Å². The molecular weight excluding hydrogens is 831 g/mol. The minimum atomic E-state index is -1.21. The van der Waals surface area contributed by atoms with E-state index >= 15 is 0 Å². The number of benzene rings is 3. The zero-order valence-electron chi connectivity index (χ0n) is 40.5. The monoisotopic (exact) mass is 906 g/mol. The summed E-state index contributed by atoms with van der Waals surface area (Å²) in [7, 11) is 3.22. The molecule has 0 bridgehead atoms. The van der Waals surface area contributed by atoms with E-state index in [4.69, 9.17) is 23.7 Å². The average molecular weight is 906 g/mol. The van der Waals surface area contributed by atoms with Gasteiger partial charge in [0.1, 0.15) is 29.3 Å².